The van der Waals surface area contributed by atoms with E-state index >= 15 is 0 Å². The molecule has 1 heterocycles. The van der Waals surface area contributed by atoms with Crippen LogP contribution in [0.15, 0.2) is 0 Å². The lowest BCUT2D eigenvalue weighted by Gasteiger charge is -2.39. The summed E-state index contributed by atoms with van der Waals surface area (Å²) in [5.41, 5.74) is 0. The van der Waals surface area contributed by atoms with Gasteiger partial charge < -0.3 is 15.3 Å². The van der Waals surface area contributed by atoms with E-state index in [2.05, 4.69) is 12.2 Å². The zero-order valence-corrected chi connectivity index (χ0v) is 11.6. The molecular formula is C14H24N2O3. The van der Waals surface area contributed by atoms with Gasteiger partial charge in [-0.1, -0.05) is 26.2 Å². The van der Waals surface area contributed by atoms with Gasteiger partial charge in [0, 0.05) is 25.6 Å². The van der Waals surface area contributed by atoms with E-state index in [1.165, 1.54) is 25.7 Å². The molecular weight excluding hydrogens is 244 g/mol. The smallest absolute Gasteiger partial charge is 0.317 e. The SMILES string of the molecule is CC1CCCCC1CNC(=O)N1CC(CC(=O)O)C1. The van der Waals surface area contributed by atoms with Crippen LogP contribution in [0, 0.1) is 17.8 Å². The fourth-order valence-corrected chi connectivity index (χ4v) is 3.14. The number of likely N-dealkylation sites (tertiary alicyclic amines) is 1. The van der Waals surface area contributed by atoms with Crippen molar-refractivity contribution in [2.75, 3.05) is 19.6 Å². The summed E-state index contributed by atoms with van der Waals surface area (Å²) in [6.07, 6.45) is 5.24. The number of hydrogen-bond acceptors (Lipinski definition) is 2. The van der Waals surface area contributed by atoms with Gasteiger partial charge in [0.2, 0.25) is 0 Å². The minimum absolute atomic E-state index is 0.0283. The first-order chi connectivity index (χ1) is 9.06. The van der Waals surface area contributed by atoms with E-state index < -0.39 is 5.97 Å². The third kappa shape index (κ3) is 3.85. The number of carbonyl (C=O) groups excluding carboxylic acids is 1. The van der Waals surface area contributed by atoms with E-state index in [1.807, 2.05) is 0 Å². The number of rotatable bonds is 4. The normalized spacial score (nSPS) is 27.7. The Labute approximate surface area is 114 Å². The van der Waals surface area contributed by atoms with E-state index in [4.69, 9.17) is 5.11 Å². The van der Waals surface area contributed by atoms with E-state index in [0.29, 0.717) is 24.9 Å². The molecule has 1 saturated heterocycles. The van der Waals surface area contributed by atoms with Gasteiger partial charge in [-0.3, -0.25) is 4.79 Å². The Bertz CT molecular complexity index is 340. The number of carboxylic acids is 1. The summed E-state index contributed by atoms with van der Waals surface area (Å²) in [6, 6.07) is -0.0283. The Balaban J connectivity index is 1.64. The minimum atomic E-state index is -0.777. The zero-order valence-electron chi connectivity index (χ0n) is 11.6. The van der Waals surface area contributed by atoms with E-state index in [0.717, 1.165) is 6.54 Å². The maximum absolute atomic E-state index is 11.9. The summed E-state index contributed by atoms with van der Waals surface area (Å²) >= 11 is 0. The molecule has 5 heteroatoms. The van der Waals surface area contributed by atoms with Gasteiger partial charge in [0.05, 0.1) is 6.42 Å². The highest BCUT2D eigenvalue weighted by molar-refractivity contribution is 5.75. The Morgan fingerprint density at radius 1 is 1.26 bits per heavy atom. The summed E-state index contributed by atoms with van der Waals surface area (Å²) in [5, 5.41) is 11.7. The molecule has 0 spiro atoms. The summed E-state index contributed by atoms with van der Waals surface area (Å²) in [7, 11) is 0. The number of urea groups is 1. The number of hydrogen-bond donors (Lipinski definition) is 2. The minimum Gasteiger partial charge on any atom is -0.481 e. The molecule has 0 aromatic carbocycles. The van der Waals surface area contributed by atoms with E-state index in [1.54, 1.807) is 4.90 Å². The predicted molar refractivity (Wildman–Crippen MR) is 71.8 cm³/mol. The quantitative estimate of drug-likeness (QED) is 0.818. The van der Waals surface area contributed by atoms with Crippen molar-refractivity contribution in [2.24, 2.45) is 17.8 Å². The molecule has 5 nitrogen and oxygen atoms in total. The van der Waals surface area contributed by atoms with Crippen LogP contribution in [0.25, 0.3) is 0 Å². The fourth-order valence-electron chi connectivity index (χ4n) is 3.14. The van der Waals surface area contributed by atoms with Crippen LogP contribution >= 0.6 is 0 Å². The molecule has 2 N–H and O–H groups in total. The molecule has 2 rings (SSSR count). The molecule has 2 unspecified atom stereocenters. The van der Waals surface area contributed by atoms with Gasteiger partial charge in [0.15, 0.2) is 0 Å². The highest BCUT2D eigenvalue weighted by Gasteiger charge is 2.32. The van der Waals surface area contributed by atoms with Crippen molar-refractivity contribution in [3.8, 4) is 0 Å². The number of nitrogens with one attached hydrogen (secondary N) is 1. The van der Waals surface area contributed by atoms with Crippen LogP contribution in [0.3, 0.4) is 0 Å². The molecule has 2 atom stereocenters. The van der Waals surface area contributed by atoms with Gasteiger partial charge in [-0.15, -0.1) is 0 Å². The van der Waals surface area contributed by atoms with Crippen LogP contribution in [0.2, 0.25) is 0 Å². The topological polar surface area (TPSA) is 69.6 Å². The van der Waals surface area contributed by atoms with Crippen molar-refractivity contribution in [2.45, 2.75) is 39.0 Å². The molecule has 0 aromatic rings. The maximum atomic E-state index is 11.9. The van der Waals surface area contributed by atoms with Crippen molar-refractivity contribution in [3.63, 3.8) is 0 Å². The highest BCUT2D eigenvalue weighted by Crippen LogP contribution is 2.29. The summed E-state index contributed by atoms with van der Waals surface area (Å²) in [6.45, 7) is 4.19. The van der Waals surface area contributed by atoms with Crippen LogP contribution < -0.4 is 5.32 Å². The molecule has 2 amide bonds. The molecule has 0 bridgehead atoms. The van der Waals surface area contributed by atoms with Gasteiger partial charge in [-0.25, -0.2) is 4.79 Å². The van der Waals surface area contributed by atoms with Crippen molar-refractivity contribution in [1.29, 1.82) is 0 Å². The second kappa shape index (κ2) is 6.26. The van der Waals surface area contributed by atoms with Crippen LogP contribution in [-0.2, 0) is 4.79 Å². The summed E-state index contributed by atoms with van der Waals surface area (Å²) in [5.74, 6) is 0.664. The summed E-state index contributed by atoms with van der Waals surface area (Å²) < 4.78 is 0. The van der Waals surface area contributed by atoms with E-state index in [-0.39, 0.29) is 18.4 Å². The van der Waals surface area contributed by atoms with Crippen LogP contribution in [0.5, 0.6) is 0 Å². The number of carbonyl (C=O) groups is 2. The first-order valence-corrected chi connectivity index (χ1v) is 7.31. The lowest BCUT2D eigenvalue weighted by atomic mass is 9.80. The lowest BCUT2D eigenvalue weighted by Crippen LogP contribution is -2.55. The highest BCUT2D eigenvalue weighted by atomic mass is 16.4. The van der Waals surface area contributed by atoms with Crippen LogP contribution in [0.4, 0.5) is 4.79 Å². The van der Waals surface area contributed by atoms with Crippen molar-refractivity contribution in [3.05, 3.63) is 0 Å². The van der Waals surface area contributed by atoms with Gasteiger partial charge in [0.25, 0.3) is 0 Å². The molecule has 19 heavy (non-hydrogen) atoms. The second-order valence-corrected chi connectivity index (χ2v) is 6.08. The van der Waals surface area contributed by atoms with Gasteiger partial charge in [-0.05, 0) is 18.3 Å². The average molecular weight is 268 g/mol. The first kappa shape index (κ1) is 14.2. The third-order valence-electron chi connectivity index (χ3n) is 4.51. The maximum Gasteiger partial charge on any atom is 0.317 e. The van der Waals surface area contributed by atoms with Crippen molar-refractivity contribution in [1.82, 2.24) is 10.2 Å². The fraction of sp³-hybridized carbons (Fsp3) is 0.857. The van der Waals surface area contributed by atoms with Gasteiger partial charge in [-0.2, -0.15) is 0 Å². The van der Waals surface area contributed by atoms with Crippen molar-refractivity contribution < 1.29 is 14.7 Å². The average Bonchev–Trinajstić information content (AvgIpc) is 2.31. The molecule has 2 fully saturated rings. The number of aliphatic carboxylic acids is 1. The number of amides is 2. The lowest BCUT2D eigenvalue weighted by molar-refractivity contribution is -0.139. The Kier molecular flexibility index (Phi) is 4.66. The van der Waals surface area contributed by atoms with Crippen LogP contribution in [0.1, 0.15) is 39.0 Å². The zero-order chi connectivity index (χ0) is 13.8. The Morgan fingerprint density at radius 2 is 1.95 bits per heavy atom. The van der Waals surface area contributed by atoms with Crippen LogP contribution in [-0.4, -0.2) is 41.6 Å². The second-order valence-electron chi connectivity index (χ2n) is 6.08. The van der Waals surface area contributed by atoms with Gasteiger partial charge in [0.1, 0.15) is 0 Å². The number of nitrogens with zero attached hydrogens (tertiary/aromatic N) is 1. The monoisotopic (exact) mass is 268 g/mol. The summed E-state index contributed by atoms with van der Waals surface area (Å²) in [4.78, 5) is 24.1. The molecule has 0 radical (unpaired) electrons. The standard InChI is InChI=1S/C14H24N2O3/c1-10-4-2-3-5-12(10)7-15-14(19)16-8-11(9-16)6-13(17)18/h10-12H,2-9H2,1H3,(H,15,19)(H,17,18). The first-order valence-electron chi connectivity index (χ1n) is 7.31. The molecule has 1 saturated carbocycles. The van der Waals surface area contributed by atoms with Gasteiger partial charge >= 0.3 is 12.0 Å². The molecule has 0 aromatic heterocycles. The van der Waals surface area contributed by atoms with E-state index in [9.17, 15) is 9.59 Å². The molecule has 108 valence electrons. The molecule has 1 aliphatic carbocycles. The third-order valence-corrected chi connectivity index (χ3v) is 4.51. The predicted octanol–water partition coefficient (Wildman–Crippen LogP) is 1.93. The largest absolute Gasteiger partial charge is 0.481 e. The Hall–Kier alpha value is -1.26. The van der Waals surface area contributed by atoms with Crippen molar-refractivity contribution >= 4 is 12.0 Å². The Morgan fingerprint density at radius 3 is 2.58 bits per heavy atom. The molecule has 2 aliphatic rings. The number of carboxylic acid groups (broad SMARTS) is 1. The molecule has 1 aliphatic heterocycles.